The predicted molar refractivity (Wildman–Crippen MR) is 74.8 cm³/mol. The summed E-state index contributed by atoms with van der Waals surface area (Å²) in [6, 6.07) is 9.33. The summed E-state index contributed by atoms with van der Waals surface area (Å²) < 4.78 is 17.1. The lowest BCUT2D eigenvalue weighted by Gasteiger charge is -2.25. The van der Waals surface area contributed by atoms with E-state index in [-0.39, 0.29) is 17.3 Å². The molecule has 0 amide bonds. The number of ether oxygens (including phenoxy) is 1. The van der Waals surface area contributed by atoms with Crippen LogP contribution in [-0.2, 0) is 20.3 Å². The van der Waals surface area contributed by atoms with Crippen LogP contribution in [0.25, 0.3) is 0 Å². The molecule has 0 saturated carbocycles. The molecule has 0 bridgehead atoms. The molecule has 1 fully saturated rings. The summed E-state index contributed by atoms with van der Waals surface area (Å²) in [7, 11) is -1.15. The monoisotopic (exact) mass is 278 g/mol. The summed E-state index contributed by atoms with van der Waals surface area (Å²) in [5.41, 5.74) is -0.198. The SMILES string of the molecule is CC(C)(/C=C/S(=O)c1ccccc1)[C@H]1COC(=O)C1. The number of rotatable bonds is 4. The highest BCUT2D eigenvalue weighted by atomic mass is 32.2. The van der Waals surface area contributed by atoms with Crippen molar-refractivity contribution < 1.29 is 13.7 Å². The number of carbonyl (C=O) groups excluding carboxylic acids is 1. The quantitative estimate of drug-likeness (QED) is 0.795. The smallest absolute Gasteiger partial charge is 0.306 e. The third-order valence-corrected chi connectivity index (χ3v) is 4.63. The van der Waals surface area contributed by atoms with Gasteiger partial charge in [0.2, 0.25) is 0 Å². The van der Waals surface area contributed by atoms with Crippen LogP contribution in [0.3, 0.4) is 0 Å². The van der Waals surface area contributed by atoms with Crippen molar-refractivity contribution in [2.24, 2.45) is 11.3 Å². The molecule has 1 aromatic rings. The van der Waals surface area contributed by atoms with E-state index < -0.39 is 10.8 Å². The molecule has 0 radical (unpaired) electrons. The van der Waals surface area contributed by atoms with Crippen LogP contribution in [0, 0.1) is 11.3 Å². The second kappa shape index (κ2) is 5.70. The zero-order valence-electron chi connectivity index (χ0n) is 11.2. The average Bonchev–Trinajstić information content (AvgIpc) is 2.85. The molecule has 1 heterocycles. The van der Waals surface area contributed by atoms with E-state index in [1.54, 1.807) is 5.41 Å². The maximum Gasteiger partial charge on any atom is 0.306 e. The van der Waals surface area contributed by atoms with E-state index in [9.17, 15) is 9.00 Å². The molecule has 102 valence electrons. The molecule has 1 unspecified atom stereocenters. The summed E-state index contributed by atoms with van der Waals surface area (Å²) in [6.45, 7) is 4.53. The van der Waals surface area contributed by atoms with Crippen LogP contribution in [0.2, 0.25) is 0 Å². The van der Waals surface area contributed by atoms with E-state index in [1.807, 2.05) is 50.3 Å². The fraction of sp³-hybridized carbons (Fsp3) is 0.400. The van der Waals surface area contributed by atoms with Crippen LogP contribution in [0.5, 0.6) is 0 Å². The first kappa shape index (κ1) is 14.0. The highest BCUT2D eigenvalue weighted by molar-refractivity contribution is 7.88. The number of esters is 1. The van der Waals surface area contributed by atoms with Gasteiger partial charge in [-0.15, -0.1) is 0 Å². The highest BCUT2D eigenvalue weighted by Gasteiger charge is 2.35. The third kappa shape index (κ3) is 3.53. The van der Waals surface area contributed by atoms with Gasteiger partial charge in [-0.05, 0) is 17.5 Å². The molecule has 0 aromatic heterocycles. The number of allylic oxidation sites excluding steroid dienone is 1. The Labute approximate surface area is 116 Å². The van der Waals surface area contributed by atoms with Gasteiger partial charge in [-0.2, -0.15) is 0 Å². The molecule has 2 atom stereocenters. The van der Waals surface area contributed by atoms with Crippen LogP contribution in [0.15, 0.2) is 46.7 Å². The van der Waals surface area contributed by atoms with Gasteiger partial charge < -0.3 is 4.74 Å². The molecule has 0 spiro atoms. The Kier molecular flexibility index (Phi) is 4.20. The Morgan fingerprint density at radius 2 is 2.00 bits per heavy atom. The number of cyclic esters (lactones) is 1. The molecule has 2 rings (SSSR count). The minimum Gasteiger partial charge on any atom is -0.465 e. The zero-order chi connectivity index (χ0) is 13.9. The van der Waals surface area contributed by atoms with Crippen molar-refractivity contribution in [3.05, 3.63) is 41.8 Å². The minimum absolute atomic E-state index is 0.143. The van der Waals surface area contributed by atoms with Crippen LogP contribution in [-0.4, -0.2) is 16.8 Å². The Bertz CT molecular complexity index is 505. The second-order valence-electron chi connectivity index (χ2n) is 5.32. The maximum absolute atomic E-state index is 12.1. The summed E-state index contributed by atoms with van der Waals surface area (Å²) in [4.78, 5) is 11.9. The van der Waals surface area contributed by atoms with Crippen LogP contribution >= 0.6 is 0 Å². The normalized spacial score (nSPS) is 21.6. The lowest BCUT2D eigenvalue weighted by Crippen LogP contribution is -2.22. The Hall–Kier alpha value is -1.42. The molecule has 1 aliphatic heterocycles. The molecule has 1 aromatic carbocycles. The van der Waals surface area contributed by atoms with Crippen molar-refractivity contribution in [3.8, 4) is 0 Å². The number of benzene rings is 1. The number of hydrogen-bond acceptors (Lipinski definition) is 3. The van der Waals surface area contributed by atoms with Gasteiger partial charge in [0, 0.05) is 16.2 Å². The third-order valence-electron chi connectivity index (χ3n) is 3.51. The van der Waals surface area contributed by atoms with Gasteiger partial charge in [-0.3, -0.25) is 4.79 Å². The molecular weight excluding hydrogens is 260 g/mol. The zero-order valence-corrected chi connectivity index (χ0v) is 12.0. The van der Waals surface area contributed by atoms with E-state index in [1.165, 1.54) is 0 Å². The van der Waals surface area contributed by atoms with Gasteiger partial charge in [0.1, 0.15) is 0 Å². The van der Waals surface area contributed by atoms with Crippen LogP contribution in [0.1, 0.15) is 20.3 Å². The average molecular weight is 278 g/mol. The Morgan fingerprint density at radius 3 is 2.58 bits per heavy atom. The number of carbonyl (C=O) groups is 1. The molecule has 1 aliphatic rings. The maximum atomic E-state index is 12.1. The van der Waals surface area contributed by atoms with E-state index in [0.29, 0.717) is 13.0 Å². The van der Waals surface area contributed by atoms with E-state index in [4.69, 9.17) is 4.74 Å². The second-order valence-corrected chi connectivity index (χ2v) is 6.66. The standard InChI is InChI=1S/C15H18O3S/c1-15(2,12-10-14(16)18-11-12)8-9-19(17)13-6-4-3-5-7-13/h3-9,12H,10-11H2,1-2H3/b9-8+/t12-,19?/m1/s1. The van der Waals surface area contributed by atoms with Crippen molar-refractivity contribution >= 4 is 16.8 Å². The summed E-state index contributed by atoms with van der Waals surface area (Å²) in [6.07, 6.45) is 2.37. The van der Waals surface area contributed by atoms with E-state index >= 15 is 0 Å². The van der Waals surface area contributed by atoms with Crippen molar-refractivity contribution in [2.45, 2.75) is 25.2 Å². The lowest BCUT2D eigenvalue weighted by atomic mass is 9.78. The largest absolute Gasteiger partial charge is 0.465 e. The van der Waals surface area contributed by atoms with Crippen molar-refractivity contribution in [1.29, 1.82) is 0 Å². The first-order valence-corrected chi connectivity index (χ1v) is 7.51. The molecule has 0 aliphatic carbocycles. The van der Waals surface area contributed by atoms with Crippen molar-refractivity contribution in [2.75, 3.05) is 6.61 Å². The van der Waals surface area contributed by atoms with Gasteiger partial charge >= 0.3 is 5.97 Å². The highest BCUT2D eigenvalue weighted by Crippen LogP contribution is 2.35. The summed E-state index contributed by atoms with van der Waals surface area (Å²) >= 11 is 0. The predicted octanol–water partition coefficient (Wildman–Crippen LogP) is 2.90. The van der Waals surface area contributed by atoms with Gasteiger partial charge in [0.15, 0.2) is 0 Å². The van der Waals surface area contributed by atoms with Gasteiger partial charge in [0.05, 0.1) is 23.8 Å². The fourth-order valence-electron chi connectivity index (χ4n) is 2.00. The molecule has 3 nitrogen and oxygen atoms in total. The first-order chi connectivity index (χ1) is 8.99. The Balaban J connectivity index is 2.05. The summed E-state index contributed by atoms with van der Waals surface area (Å²) in [5, 5.41) is 1.71. The summed E-state index contributed by atoms with van der Waals surface area (Å²) in [5.74, 6) is 0.0136. The molecular formula is C15H18O3S. The molecule has 4 heteroatoms. The molecule has 1 saturated heterocycles. The van der Waals surface area contributed by atoms with Gasteiger partial charge in [-0.25, -0.2) is 4.21 Å². The van der Waals surface area contributed by atoms with Crippen molar-refractivity contribution in [1.82, 2.24) is 0 Å². The molecule has 19 heavy (non-hydrogen) atoms. The fourth-order valence-corrected chi connectivity index (χ4v) is 3.05. The lowest BCUT2D eigenvalue weighted by molar-refractivity contribution is -0.137. The topological polar surface area (TPSA) is 43.4 Å². The molecule has 0 N–H and O–H groups in total. The van der Waals surface area contributed by atoms with Crippen LogP contribution in [0.4, 0.5) is 0 Å². The van der Waals surface area contributed by atoms with Gasteiger partial charge in [0.25, 0.3) is 0 Å². The van der Waals surface area contributed by atoms with E-state index in [0.717, 1.165) is 4.90 Å². The van der Waals surface area contributed by atoms with Crippen molar-refractivity contribution in [3.63, 3.8) is 0 Å². The minimum atomic E-state index is -1.15. The van der Waals surface area contributed by atoms with E-state index in [2.05, 4.69) is 0 Å². The van der Waals surface area contributed by atoms with Crippen LogP contribution < -0.4 is 0 Å². The number of hydrogen-bond donors (Lipinski definition) is 0. The first-order valence-electron chi connectivity index (χ1n) is 6.29. The van der Waals surface area contributed by atoms with Gasteiger partial charge in [-0.1, -0.05) is 38.1 Å². The Morgan fingerprint density at radius 1 is 1.32 bits per heavy atom.